The molecule has 26 heavy (non-hydrogen) atoms. The summed E-state index contributed by atoms with van der Waals surface area (Å²) in [5.41, 5.74) is 5.73. The SMILES string of the molecule is CC(C)C(N)C(=O)NC(CS)C(=O)NC(CS)C(=O)NC(CS)C(=O)O. The van der Waals surface area contributed by atoms with Crippen LogP contribution in [0.4, 0.5) is 0 Å². The van der Waals surface area contributed by atoms with E-state index < -0.39 is 47.9 Å². The minimum Gasteiger partial charge on any atom is -0.480 e. The first-order valence-corrected chi connectivity index (χ1v) is 9.70. The number of carboxylic acids is 1. The zero-order valence-corrected chi connectivity index (χ0v) is 17.2. The van der Waals surface area contributed by atoms with Gasteiger partial charge in [0.1, 0.15) is 18.1 Å². The molecule has 12 heteroatoms. The number of aliphatic carboxylic acids is 1. The van der Waals surface area contributed by atoms with E-state index in [-0.39, 0.29) is 23.2 Å². The molecule has 0 rings (SSSR count). The summed E-state index contributed by atoms with van der Waals surface area (Å²) in [6, 6.07) is -4.09. The molecule has 4 atom stereocenters. The standard InChI is InChI=1S/C14H26N4O5S3/c1-6(2)10(15)13(21)17-8(4-25)11(19)16-7(3-24)12(20)18-9(5-26)14(22)23/h6-10,24-26H,3-5,15H2,1-2H3,(H,16,19)(H,17,21)(H,18,20)(H,22,23). The molecule has 3 amide bonds. The summed E-state index contributed by atoms with van der Waals surface area (Å²) in [7, 11) is 0. The average Bonchev–Trinajstić information content (AvgIpc) is 2.59. The topological polar surface area (TPSA) is 151 Å². The maximum Gasteiger partial charge on any atom is 0.327 e. The molecular formula is C14H26N4O5S3. The van der Waals surface area contributed by atoms with Crippen LogP contribution < -0.4 is 21.7 Å². The van der Waals surface area contributed by atoms with Gasteiger partial charge in [-0.15, -0.1) is 0 Å². The minimum absolute atomic E-state index is 0.0162. The van der Waals surface area contributed by atoms with Crippen LogP contribution in [0, 0.1) is 5.92 Å². The van der Waals surface area contributed by atoms with Crippen molar-refractivity contribution < 1.29 is 24.3 Å². The van der Waals surface area contributed by atoms with Crippen LogP contribution in [0.1, 0.15) is 13.8 Å². The van der Waals surface area contributed by atoms with Crippen molar-refractivity contribution in [2.24, 2.45) is 11.7 Å². The number of hydrogen-bond acceptors (Lipinski definition) is 8. The molecule has 0 aliphatic heterocycles. The first-order valence-electron chi connectivity index (χ1n) is 7.81. The molecular weight excluding hydrogens is 400 g/mol. The van der Waals surface area contributed by atoms with Gasteiger partial charge in [-0.25, -0.2) is 4.79 Å². The van der Waals surface area contributed by atoms with Crippen molar-refractivity contribution in [1.82, 2.24) is 16.0 Å². The van der Waals surface area contributed by atoms with Gasteiger partial charge in [-0.3, -0.25) is 14.4 Å². The van der Waals surface area contributed by atoms with Gasteiger partial charge in [0, 0.05) is 17.3 Å². The second-order valence-electron chi connectivity index (χ2n) is 5.84. The second-order valence-corrected chi connectivity index (χ2v) is 6.93. The Balaban J connectivity index is 4.91. The molecule has 0 saturated heterocycles. The number of carbonyl (C=O) groups excluding carboxylic acids is 3. The lowest BCUT2D eigenvalue weighted by molar-refractivity contribution is -0.141. The second kappa shape index (κ2) is 12.3. The van der Waals surface area contributed by atoms with Crippen molar-refractivity contribution in [3.63, 3.8) is 0 Å². The molecule has 9 nitrogen and oxygen atoms in total. The molecule has 0 radical (unpaired) electrons. The zero-order chi connectivity index (χ0) is 20.4. The fourth-order valence-electron chi connectivity index (χ4n) is 1.69. The van der Waals surface area contributed by atoms with E-state index in [2.05, 4.69) is 53.8 Å². The maximum absolute atomic E-state index is 12.3. The minimum atomic E-state index is -1.25. The largest absolute Gasteiger partial charge is 0.480 e. The highest BCUT2D eigenvalue weighted by atomic mass is 32.1. The third kappa shape index (κ3) is 8.06. The van der Waals surface area contributed by atoms with E-state index in [0.29, 0.717) is 0 Å². The Kier molecular flexibility index (Phi) is 11.8. The molecule has 0 spiro atoms. The van der Waals surface area contributed by atoms with Gasteiger partial charge in [0.05, 0.1) is 6.04 Å². The molecule has 0 heterocycles. The third-order valence-electron chi connectivity index (χ3n) is 3.45. The smallest absolute Gasteiger partial charge is 0.327 e. The number of nitrogens with two attached hydrogens (primary N) is 1. The Morgan fingerprint density at radius 3 is 1.46 bits per heavy atom. The van der Waals surface area contributed by atoms with Crippen LogP contribution in [0.3, 0.4) is 0 Å². The number of thiol groups is 3. The van der Waals surface area contributed by atoms with E-state index in [9.17, 15) is 19.2 Å². The number of rotatable bonds is 11. The highest BCUT2D eigenvalue weighted by Crippen LogP contribution is 2.01. The number of carboxylic acid groups (broad SMARTS) is 1. The van der Waals surface area contributed by atoms with E-state index >= 15 is 0 Å². The van der Waals surface area contributed by atoms with Gasteiger partial charge < -0.3 is 26.8 Å². The fourth-order valence-corrected chi connectivity index (χ4v) is 2.45. The first kappa shape index (κ1) is 24.9. The lowest BCUT2D eigenvalue weighted by Gasteiger charge is -2.24. The highest BCUT2D eigenvalue weighted by Gasteiger charge is 2.29. The van der Waals surface area contributed by atoms with Gasteiger partial charge >= 0.3 is 5.97 Å². The Bertz CT molecular complexity index is 521. The van der Waals surface area contributed by atoms with E-state index in [1.54, 1.807) is 13.8 Å². The van der Waals surface area contributed by atoms with E-state index in [0.717, 1.165) is 0 Å². The van der Waals surface area contributed by atoms with Crippen LogP contribution in [-0.4, -0.2) is 70.2 Å². The summed E-state index contributed by atoms with van der Waals surface area (Å²) in [5, 5.41) is 16.1. The normalized spacial score (nSPS) is 15.5. The summed E-state index contributed by atoms with van der Waals surface area (Å²) in [6.07, 6.45) is 0. The van der Waals surface area contributed by atoms with Gasteiger partial charge in [-0.1, -0.05) is 13.8 Å². The Labute approximate surface area is 168 Å². The first-order chi connectivity index (χ1) is 12.1. The van der Waals surface area contributed by atoms with E-state index in [1.165, 1.54) is 0 Å². The molecule has 0 aromatic carbocycles. The summed E-state index contributed by atoms with van der Waals surface area (Å²) < 4.78 is 0. The van der Waals surface area contributed by atoms with E-state index in [1.807, 2.05) is 0 Å². The highest BCUT2D eigenvalue weighted by molar-refractivity contribution is 7.80. The molecule has 150 valence electrons. The molecule has 0 bridgehead atoms. The fraction of sp³-hybridized carbons (Fsp3) is 0.714. The van der Waals surface area contributed by atoms with Crippen LogP contribution in [0.15, 0.2) is 0 Å². The van der Waals surface area contributed by atoms with Gasteiger partial charge in [0.15, 0.2) is 0 Å². The van der Waals surface area contributed by atoms with Crippen molar-refractivity contribution in [2.45, 2.75) is 38.0 Å². The molecule has 0 aliphatic rings. The Morgan fingerprint density at radius 1 is 0.808 bits per heavy atom. The molecule has 0 aromatic heterocycles. The Hall–Kier alpha value is -1.11. The van der Waals surface area contributed by atoms with Crippen molar-refractivity contribution in [3.05, 3.63) is 0 Å². The van der Waals surface area contributed by atoms with Gasteiger partial charge in [-0.2, -0.15) is 37.9 Å². The van der Waals surface area contributed by atoms with Crippen LogP contribution in [-0.2, 0) is 19.2 Å². The van der Waals surface area contributed by atoms with Crippen LogP contribution >= 0.6 is 37.9 Å². The number of carbonyl (C=O) groups is 4. The number of nitrogens with one attached hydrogen (secondary N) is 3. The van der Waals surface area contributed by atoms with Crippen LogP contribution in [0.5, 0.6) is 0 Å². The van der Waals surface area contributed by atoms with Crippen molar-refractivity contribution in [2.75, 3.05) is 17.3 Å². The van der Waals surface area contributed by atoms with Crippen molar-refractivity contribution in [1.29, 1.82) is 0 Å². The Morgan fingerprint density at radius 2 is 1.15 bits per heavy atom. The number of amides is 3. The summed E-state index contributed by atoms with van der Waals surface area (Å²) in [6.45, 7) is 3.53. The predicted molar refractivity (Wildman–Crippen MR) is 108 cm³/mol. The predicted octanol–water partition coefficient (Wildman–Crippen LogP) is -1.70. The van der Waals surface area contributed by atoms with Crippen LogP contribution in [0.2, 0.25) is 0 Å². The molecule has 0 aliphatic carbocycles. The summed E-state index contributed by atoms with van der Waals surface area (Å²) >= 11 is 11.9. The van der Waals surface area contributed by atoms with Crippen molar-refractivity contribution >= 4 is 61.6 Å². The maximum atomic E-state index is 12.3. The van der Waals surface area contributed by atoms with Gasteiger partial charge in [0.2, 0.25) is 17.7 Å². The quantitative estimate of drug-likeness (QED) is 0.185. The van der Waals surface area contributed by atoms with E-state index in [4.69, 9.17) is 10.8 Å². The zero-order valence-electron chi connectivity index (χ0n) is 14.5. The summed E-state index contributed by atoms with van der Waals surface area (Å²) in [4.78, 5) is 47.4. The van der Waals surface area contributed by atoms with Gasteiger partial charge in [-0.05, 0) is 5.92 Å². The molecule has 4 unspecified atom stereocenters. The average molecular weight is 427 g/mol. The lowest BCUT2D eigenvalue weighted by Crippen LogP contribution is -2.58. The van der Waals surface area contributed by atoms with Crippen molar-refractivity contribution in [3.8, 4) is 0 Å². The van der Waals surface area contributed by atoms with Crippen LogP contribution in [0.25, 0.3) is 0 Å². The lowest BCUT2D eigenvalue weighted by atomic mass is 10.0. The molecule has 6 N–H and O–H groups in total. The summed E-state index contributed by atoms with van der Waals surface area (Å²) in [5.74, 6) is -3.47. The molecule has 0 fully saturated rings. The number of hydrogen-bond donors (Lipinski definition) is 8. The third-order valence-corrected chi connectivity index (χ3v) is 4.54. The molecule has 0 aromatic rings. The monoisotopic (exact) mass is 426 g/mol. The molecule has 0 saturated carbocycles. The van der Waals surface area contributed by atoms with Gasteiger partial charge in [0.25, 0.3) is 0 Å².